The van der Waals surface area contributed by atoms with E-state index in [0.29, 0.717) is 21.2 Å². The number of rotatable bonds is 3. The molecule has 2 rings (SSSR count). The van der Waals surface area contributed by atoms with Crippen molar-refractivity contribution in [3.8, 4) is 0 Å². The molecule has 0 aliphatic rings. The highest BCUT2D eigenvalue weighted by Crippen LogP contribution is 2.20. The van der Waals surface area contributed by atoms with Gasteiger partial charge in [-0.05, 0) is 29.8 Å². The van der Waals surface area contributed by atoms with Crippen LogP contribution in [0.2, 0.25) is 10.0 Å². The van der Waals surface area contributed by atoms with Crippen molar-refractivity contribution < 1.29 is 9.18 Å². The molecule has 0 N–H and O–H groups in total. The van der Waals surface area contributed by atoms with E-state index in [-0.39, 0.29) is 18.0 Å². The molecule has 4 heteroatoms. The number of Topliss-reactive ketones (excluding diaryl/α,β-unsaturated/α-hetero) is 1. The van der Waals surface area contributed by atoms with E-state index in [1.54, 1.807) is 24.3 Å². The van der Waals surface area contributed by atoms with Gasteiger partial charge in [-0.2, -0.15) is 0 Å². The molecule has 0 spiro atoms. The molecule has 1 nitrogen and oxygen atoms in total. The smallest absolute Gasteiger partial charge is 0.167 e. The Bertz CT molecular complexity index is 576. The van der Waals surface area contributed by atoms with E-state index >= 15 is 0 Å². The van der Waals surface area contributed by atoms with Crippen LogP contribution in [-0.4, -0.2) is 5.78 Å². The largest absolute Gasteiger partial charge is 0.294 e. The monoisotopic (exact) mass is 282 g/mol. The molecule has 0 saturated heterocycles. The fourth-order valence-electron chi connectivity index (χ4n) is 1.63. The van der Waals surface area contributed by atoms with Crippen LogP contribution in [-0.2, 0) is 6.42 Å². The fraction of sp³-hybridized carbons (Fsp3) is 0.0714. The lowest BCUT2D eigenvalue weighted by Crippen LogP contribution is -2.05. The minimum absolute atomic E-state index is 0.0106. The Morgan fingerprint density at radius 2 is 1.67 bits per heavy atom. The molecule has 18 heavy (non-hydrogen) atoms. The number of hydrogen-bond acceptors (Lipinski definition) is 1. The van der Waals surface area contributed by atoms with Gasteiger partial charge in [-0.3, -0.25) is 4.79 Å². The molecular formula is C14H9Cl2FO. The maximum Gasteiger partial charge on any atom is 0.167 e. The molecule has 0 amide bonds. The summed E-state index contributed by atoms with van der Waals surface area (Å²) in [5.74, 6) is -0.608. The Morgan fingerprint density at radius 3 is 2.28 bits per heavy atom. The Balaban J connectivity index is 2.25. The van der Waals surface area contributed by atoms with Crippen LogP contribution in [0.15, 0.2) is 42.5 Å². The van der Waals surface area contributed by atoms with E-state index in [2.05, 4.69) is 0 Å². The van der Waals surface area contributed by atoms with Crippen LogP contribution < -0.4 is 0 Å². The van der Waals surface area contributed by atoms with Crippen LogP contribution in [0.5, 0.6) is 0 Å². The van der Waals surface area contributed by atoms with E-state index in [4.69, 9.17) is 23.2 Å². The van der Waals surface area contributed by atoms with Gasteiger partial charge in [0.05, 0.1) is 0 Å². The summed E-state index contributed by atoms with van der Waals surface area (Å²) in [4.78, 5) is 12.0. The lowest BCUT2D eigenvalue weighted by Gasteiger charge is -2.04. The van der Waals surface area contributed by atoms with Gasteiger partial charge >= 0.3 is 0 Å². The van der Waals surface area contributed by atoms with Crippen molar-refractivity contribution in [2.45, 2.75) is 6.42 Å². The number of halogens is 3. The third kappa shape index (κ3) is 3.09. The second-order valence-electron chi connectivity index (χ2n) is 3.85. The second kappa shape index (κ2) is 5.51. The molecule has 0 atom stereocenters. The second-order valence-corrected chi connectivity index (χ2v) is 4.72. The Hall–Kier alpha value is -1.38. The molecule has 0 aliphatic carbocycles. The first-order valence-electron chi connectivity index (χ1n) is 5.29. The summed E-state index contributed by atoms with van der Waals surface area (Å²) in [6.07, 6.45) is -0.0106. The Morgan fingerprint density at radius 1 is 1.06 bits per heavy atom. The minimum Gasteiger partial charge on any atom is -0.294 e. The van der Waals surface area contributed by atoms with Gasteiger partial charge in [0, 0.05) is 22.0 Å². The zero-order valence-corrected chi connectivity index (χ0v) is 10.8. The molecule has 0 aromatic heterocycles. The molecule has 0 saturated carbocycles. The first kappa shape index (κ1) is 13.1. The van der Waals surface area contributed by atoms with Crippen molar-refractivity contribution in [2.24, 2.45) is 0 Å². The molecule has 0 heterocycles. The van der Waals surface area contributed by atoms with Crippen molar-refractivity contribution in [2.75, 3.05) is 0 Å². The van der Waals surface area contributed by atoms with Crippen molar-refractivity contribution in [1.82, 2.24) is 0 Å². The summed E-state index contributed by atoms with van der Waals surface area (Å²) in [6, 6.07) is 10.8. The standard InChI is InChI=1S/C14H9Cl2FO/c15-11-5-10(6-12(16)8-11)14(18)7-9-3-1-2-4-13(9)17/h1-6,8H,7H2. The maximum absolute atomic E-state index is 13.4. The number of carbonyl (C=O) groups is 1. The number of ketones is 1. The van der Waals surface area contributed by atoms with Crippen LogP contribution in [0, 0.1) is 5.82 Å². The summed E-state index contributed by atoms with van der Waals surface area (Å²) in [6.45, 7) is 0. The molecule has 2 aromatic rings. The topological polar surface area (TPSA) is 17.1 Å². The molecule has 0 aliphatic heterocycles. The van der Waals surface area contributed by atoms with Crippen LogP contribution in [0.4, 0.5) is 4.39 Å². The van der Waals surface area contributed by atoms with Gasteiger partial charge in [0.25, 0.3) is 0 Å². The van der Waals surface area contributed by atoms with E-state index in [0.717, 1.165) is 0 Å². The molecule has 0 fully saturated rings. The predicted octanol–water partition coefficient (Wildman–Crippen LogP) is 4.56. The first-order valence-corrected chi connectivity index (χ1v) is 6.04. The minimum atomic E-state index is -0.390. The third-order valence-electron chi connectivity index (χ3n) is 2.49. The lowest BCUT2D eigenvalue weighted by atomic mass is 10.0. The summed E-state index contributed by atoms with van der Waals surface area (Å²) in [7, 11) is 0. The van der Waals surface area contributed by atoms with Gasteiger partial charge in [-0.25, -0.2) is 4.39 Å². The van der Waals surface area contributed by atoms with Crippen LogP contribution in [0.3, 0.4) is 0 Å². The van der Waals surface area contributed by atoms with Crippen molar-refractivity contribution in [1.29, 1.82) is 0 Å². The number of carbonyl (C=O) groups excluding carboxylic acids is 1. The summed E-state index contributed by atoms with van der Waals surface area (Å²) in [5, 5.41) is 0.777. The van der Waals surface area contributed by atoms with Gasteiger partial charge in [0.2, 0.25) is 0 Å². The average Bonchev–Trinajstić information content (AvgIpc) is 2.31. The van der Waals surface area contributed by atoms with Crippen LogP contribution in [0.1, 0.15) is 15.9 Å². The molecule has 0 radical (unpaired) electrons. The molecular weight excluding hydrogens is 274 g/mol. The highest BCUT2D eigenvalue weighted by Gasteiger charge is 2.11. The highest BCUT2D eigenvalue weighted by atomic mass is 35.5. The van der Waals surface area contributed by atoms with Crippen molar-refractivity contribution >= 4 is 29.0 Å². The Labute approximate surface area is 114 Å². The molecule has 0 unspecified atom stereocenters. The molecule has 0 bridgehead atoms. The molecule has 92 valence electrons. The van der Waals surface area contributed by atoms with Gasteiger partial charge in [0.15, 0.2) is 5.78 Å². The normalized spacial score (nSPS) is 10.4. The third-order valence-corrected chi connectivity index (χ3v) is 2.93. The quantitative estimate of drug-likeness (QED) is 0.755. The van der Waals surface area contributed by atoms with E-state index in [9.17, 15) is 9.18 Å². The summed E-state index contributed by atoms with van der Waals surface area (Å²) in [5.41, 5.74) is 0.745. The zero-order chi connectivity index (χ0) is 13.1. The van der Waals surface area contributed by atoms with Crippen molar-refractivity contribution in [3.63, 3.8) is 0 Å². The lowest BCUT2D eigenvalue weighted by molar-refractivity contribution is 0.0992. The summed E-state index contributed by atoms with van der Waals surface area (Å²) >= 11 is 11.6. The Kier molecular flexibility index (Phi) is 4.00. The van der Waals surface area contributed by atoms with E-state index in [1.807, 2.05) is 0 Å². The zero-order valence-electron chi connectivity index (χ0n) is 9.29. The van der Waals surface area contributed by atoms with E-state index < -0.39 is 0 Å². The van der Waals surface area contributed by atoms with Gasteiger partial charge < -0.3 is 0 Å². The fourth-order valence-corrected chi connectivity index (χ4v) is 2.16. The van der Waals surface area contributed by atoms with Crippen LogP contribution >= 0.6 is 23.2 Å². The van der Waals surface area contributed by atoms with Crippen LogP contribution in [0.25, 0.3) is 0 Å². The first-order chi connectivity index (χ1) is 8.56. The number of hydrogen-bond donors (Lipinski definition) is 0. The predicted molar refractivity (Wildman–Crippen MR) is 70.9 cm³/mol. The summed E-state index contributed by atoms with van der Waals surface area (Å²) < 4.78 is 13.4. The maximum atomic E-state index is 13.4. The van der Waals surface area contributed by atoms with Gasteiger partial charge in [-0.1, -0.05) is 41.4 Å². The number of benzene rings is 2. The molecule has 2 aromatic carbocycles. The highest BCUT2D eigenvalue weighted by molar-refractivity contribution is 6.35. The van der Waals surface area contributed by atoms with Gasteiger partial charge in [0.1, 0.15) is 5.82 Å². The van der Waals surface area contributed by atoms with Crippen molar-refractivity contribution in [3.05, 3.63) is 69.5 Å². The SMILES string of the molecule is O=C(Cc1ccccc1F)c1cc(Cl)cc(Cl)c1. The van der Waals surface area contributed by atoms with Gasteiger partial charge in [-0.15, -0.1) is 0 Å². The van der Waals surface area contributed by atoms with E-state index in [1.165, 1.54) is 18.2 Å². The average molecular weight is 283 g/mol.